The van der Waals surface area contributed by atoms with Crippen molar-refractivity contribution in [2.24, 2.45) is 11.3 Å². The molecule has 2 N–H and O–H groups in total. The van der Waals surface area contributed by atoms with Gasteiger partial charge in [0, 0.05) is 31.2 Å². The van der Waals surface area contributed by atoms with Gasteiger partial charge in [-0.3, -0.25) is 4.79 Å². The van der Waals surface area contributed by atoms with Crippen LogP contribution in [0.2, 0.25) is 0 Å². The quantitative estimate of drug-likeness (QED) is 0.703. The summed E-state index contributed by atoms with van der Waals surface area (Å²) < 4.78 is 5.88. The molecule has 104 valence electrons. The first-order valence-corrected chi connectivity index (χ1v) is 7.18. The molecule has 1 aliphatic heterocycles. The molecule has 1 amide bonds. The summed E-state index contributed by atoms with van der Waals surface area (Å²) in [6, 6.07) is 0.275. The molecule has 2 unspecified atom stereocenters. The van der Waals surface area contributed by atoms with E-state index in [4.69, 9.17) is 4.74 Å². The Kier molecular flexibility index (Phi) is 4.28. The topological polar surface area (TPSA) is 50.4 Å². The van der Waals surface area contributed by atoms with Crippen molar-refractivity contribution in [2.45, 2.75) is 52.2 Å². The molecule has 4 heteroatoms. The van der Waals surface area contributed by atoms with E-state index in [0.717, 1.165) is 32.5 Å². The maximum atomic E-state index is 11.9. The van der Waals surface area contributed by atoms with Crippen molar-refractivity contribution in [1.82, 2.24) is 10.6 Å². The molecule has 2 atom stereocenters. The van der Waals surface area contributed by atoms with Gasteiger partial charge in [0.15, 0.2) is 0 Å². The Bertz CT molecular complexity index is 300. The van der Waals surface area contributed by atoms with Crippen molar-refractivity contribution in [3.05, 3.63) is 0 Å². The number of ether oxygens (including phenoxy) is 1. The lowest BCUT2D eigenvalue weighted by atomic mass is 9.64. The smallest absolute Gasteiger partial charge is 0.225 e. The molecule has 2 fully saturated rings. The van der Waals surface area contributed by atoms with Crippen LogP contribution in [0.15, 0.2) is 0 Å². The van der Waals surface area contributed by atoms with Crippen LogP contribution in [0.1, 0.15) is 40.0 Å². The summed E-state index contributed by atoms with van der Waals surface area (Å²) in [7, 11) is 0. The Morgan fingerprint density at radius 3 is 2.67 bits per heavy atom. The maximum Gasteiger partial charge on any atom is 0.225 e. The minimum Gasteiger partial charge on any atom is -0.378 e. The maximum absolute atomic E-state index is 11.9. The molecule has 4 nitrogen and oxygen atoms in total. The van der Waals surface area contributed by atoms with Gasteiger partial charge in [-0.25, -0.2) is 0 Å². The van der Waals surface area contributed by atoms with E-state index in [1.54, 1.807) is 0 Å². The first kappa shape index (κ1) is 13.8. The molecule has 1 heterocycles. The molecular weight excluding hydrogens is 228 g/mol. The van der Waals surface area contributed by atoms with E-state index in [9.17, 15) is 4.79 Å². The summed E-state index contributed by atoms with van der Waals surface area (Å²) >= 11 is 0. The predicted octanol–water partition coefficient (Wildman–Crippen LogP) is 1.31. The van der Waals surface area contributed by atoms with E-state index >= 15 is 0 Å². The average molecular weight is 254 g/mol. The standard InChI is InChI=1S/C14H26N2O2/c1-4-5-6-18-12-7-11(14(12,2)3)16-13(17)10-8-15-9-10/h10-12,15H,4-9H2,1-3H3,(H,16,17). The third-order valence-electron chi connectivity index (χ3n) is 4.46. The van der Waals surface area contributed by atoms with Gasteiger partial charge >= 0.3 is 0 Å². The fourth-order valence-corrected chi connectivity index (χ4v) is 2.55. The van der Waals surface area contributed by atoms with Gasteiger partial charge in [-0.1, -0.05) is 27.2 Å². The van der Waals surface area contributed by atoms with Gasteiger partial charge in [-0.2, -0.15) is 0 Å². The van der Waals surface area contributed by atoms with Crippen LogP contribution in [0.5, 0.6) is 0 Å². The number of amides is 1. The first-order chi connectivity index (χ1) is 8.55. The first-order valence-electron chi connectivity index (χ1n) is 7.18. The van der Waals surface area contributed by atoms with Gasteiger partial charge in [0.25, 0.3) is 0 Å². The summed E-state index contributed by atoms with van der Waals surface area (Å²) in [6.07, 6.45) is 3.55. The minimum atomic E-state index is 0.0700. The number of unbranched alkanes of at least 4 members (excludes halogenated alkanes) is 1. The Labute approximate surface area is 110 Å². The van der Waals surface area contributed by atoms with Crippen molar-refractivity contribution >= 4 is 5.91 Å². The summed E-state index contributed by atoms with van der Waals surface area (Å²) in [5.41, 5.74) is 0.0700. The monoisotopic (exact) mass is 254 g/mol. The van der Waals surface area contributed by atoms with Crippen LogP contribution in [0.3, 0.4) is 0 Å². The molecule has 0 bridgehead atoms. The number of nitrogens with one attached hydrogen (secondary N) is 2. The number of rotatable bonds is 6. The highest BCUT2D eigenvalue weighted by atomic mass is 16.5. The van der Waals surface area contributed by atoms with Gasteiger partial charge in [-0.05, 0) is 12.8 Å². The van der Waals surface area contributed by atoms with Crippen molar-refractivity contribution < 1.29 is 9.53 Å². The van der Waals surface area contributed by atoms with Gasteiger partial charge in [0.2, 0.25) is 5.91 Å². The van der Waals surface area contributed by atoms with Gasteiger partial charge < -0.3 is 15.4 Å². The van der Waals surface area contributed by atoms with Gasteiger partial charge in [0.05, 0.1) is 12.0 Å². The highest BCUT2D eigenvalue weighted by Crippen LogP contribution is 2.43. The summed E-state index contributed by atoms with van der Waals surface area (Å²) in [4.78, 5) is 11.9. The Hall–Kier alpha value is -0.610. The number of carbonyl (C=O) groups excluding carboxylic acids is 1. The average Bonchev–Trinajstić information content (AvgIpc) is 2.24. The molecule has 2 rings (SSSR count). The Balaban J connectivity index is 1.73. The molecule has 1 saturated heterocycles. The van der Waals surface area contributed by atoms with E-state index in [1.807, 2.05) is 0 Å². The highest BCUT2D eigenvalue weighted by molar-refractivity contribution is 5.80. The molecule has 0 aromatic rings. The SMILES string of the molecule is CCCCOC1CC(NC(=O)C2CNC2)C1(C)C. The molecule has 2 aliphatic rings. The van der Waals surface area contributed by atoms with Gasteiger partial charge in [0.1, 0.15) is 0 Å². The van der Waals surface area contributed by atoms with Crippen LogP contribution in [-0.2, 0) is 9.53 Å². The lowest BCUT2D eigenvalue weighted by Crippen LogP contribution is -2.64. The second-order valence-corrected chi connectivity index (χ2v) is 6.19. The van der Waals surface area contributed by atoms with Crippen LogP contribution < -0.4 is 10.6 Å². The fourth-order valence-electron chi connectivity index (χ4n) is 2.55. The highest BCUT2D eigenvalue weighted by Gasteiger charge is 2.50. The normalized spacial score (nSPS) is 30.4. The molecule has 0 spiro atoms. The van der Waals surface area contributed by atoms with Crippen LogP contribution in [0.4, 0.5) is 0 Å². The second kappa shape index (κ2) is 5.57. The zero-order valence-electron chi connectivity index (χ0n) is 11.8. The lowest BCUT2D eigenvalue weighted by Gasteiger charge is -2.52. The van der Waals surface area contributed by atoms with Crippen molar-refractivity contribution in [2.75, 3.05) is 19.7 Å². The van der Waals surface area contributed by atoms with Crippen molar-refractivity contribution in [1.29, 1.82) is 0 Å². The van der Waals surface area contributed by atoms with E-state index in [1.165, 1.54) is 6.42 Å². The predicted molar refractivity (Wildman–Crippen MR) is 71.3 cm³/mol. The van der Waals surface area contributed by atoms with E-state index in [-0.39, 0.29) is 23.3 Å². The number of carbonyl (C=O) groups is 1. The Morgan fingerprint density at radius 2 is 2.17 bits per heavy atom. The van der Waals surface area contributed by atoms with Crippen molar-refractivity contribution in [3.63, 3.8) is 0 Å². The summed E-state index contributed by atoms with van der Waals surface area (Å²) in [5, 5.41) is 6.30. The fraction of sp³-hybridized carbons (Fsp3) is 0.929. The van der Waals surface area contributed by atoms with Crippen LogP contribution in [-0.4, -0.2) is 37.7 Å². The third kappa shape index (κ3) is 2.69. The zero-order valence-corrected chi connectivity index (χ0v) is 11.8. The molecule has 0 radical (unpaired) electrons. The number of hydrogen-bond donors (Lipinski definition) is 2. The summed E-state index contributed by atoms with van der Waals surface area (Å²) in [5.74, 6) is 0.389. The van der Waals surface area contributed by atoms with E-state index in [0.29, 0.717) is 6.10 Å². The van der Waals surface area contributed by atoms with Crippen LogP contribution >= 0.6 is 0 Å². The largest absolute Gasteiger partial charge is 0.378 e. The third-order valence-corrected chi connectivity index (χ3v) is 4.46. The summed E-state index contributed by atoms with van der Waals surface area (Å²) in [6.45, 7) is 9.06. The Morgan fingerprint density at radius 1 is 1.44 bits per heavy atom. The molecule has 1 saturated carbocycles. The van der Waals surface area contributed by atoms with E-state index < -0.39 is 0 Å². The lowest BCUT2D eigenvalue weighted by molar-refractivity contribution is -0.142. The van der Waals surface area contributed by atoms with Crippen LogP contribution in [0.25, 0.3) is 0 Å². The number of hydrogen-bond acceptors (Lipinski definition) is 3. The minimum absolute atomic E-state index is 0.0700. The van der Waals surface area contributed by atoms with Crippen LogP contribution in [0, 0.1) is 11.3 Å². The molecule has 0 aromatic heterocycles. The van der Waals surface area contributed by atoms with Crippen molar-refractivity contribution in [3.8, 4) is 0 Å². The van der Waals surface area contributed by atoms with Gasteiger partial charge in [-0.15, -0.1) is 0 Å². The second-order valence-electron chi connectivity index (χ2n) is 6.19. The van der Waals surface area contributed by atoms with E-state index in [2.05, 4.69) is 31.4 Å². The molecule has 0 aromatic carbocycles. The zero-order chi connectivity index (χ0) is 13.2. The molecule has 1 aliphatic carbocycles. The molecule has 18 heavy (non-hydrogen) atoms. The molecular formula is C14H26N2O2.